The van der Waals surface area contributed by atoms with E-state index in [1.807, 2.05) is 0 Å². The molecule has 0 fully saturated rings. The molecule has 0 spiro atoms. The topological polar surface area (TPSA) is 84.7 Å². The minimum atomic E-state index is 0.198. The quantitative estimate of drug-likeness (QED) is 0.326. The monoisotopic (exact) mass is 353 g/mol. The maximum Gasteiger partial charge on any atom is 0.115 e. The molecular formula is C9H13IN3O2P. The maximum absolute atomic E-state index is 9.12. The van der Waals surface area contributed by atoms with Crippen LogP contribution in [-0.4, -0.2) is 11.7 Å². The van der Waals surface area contributed by atoms with E-state index in [4.69, 9.17) is 21.2 Å². The fourth-order valence-corrected chi connectivity index (χ4v) is 1.71. The normalized spacial score (nSPS) is 12.2. The number of aromatic hydroxyl groups is 1. The summed E-state index contributed by atoms with van der Waals surface area (Å²) in [5.74, 6) is 5.96. The van der Waals surface area contributed by atoms with Gasteiger partial charge in [-0.25, -0.2) is 5.84 Å². The molecule has 0 saturated carbocycles. The van der Waals surface area contributed by atoms with Gasteiger partial charge in [-0.2, -0.15) is 0 Å². The fourth-order valence-electron chi connectivity index (χ4n) is 1.03. The molecule has 0 bridgehead atoms. The van der Waals surface area contributed by atoms with Gasteiger partial charge in [-0.05, 0) is 46.3 Å². The minimum Gasteiger partial charge on any atom is -0.508 e. The third-order valence-electron chi connectivity index (χ3n) is 1.75. The average molecular weight is 353 g/mol. The molecule has 16 heavy (non-hydrogen) atoms. The molecule has 0 aliphatic carbocycles. The van der Waals surface area contributed by atoms with Gasteiger partial charge in [-0.3, -0.25) is 5.01 Å². The number of nitrogens with zero attached hydrogens (tertiary/aromatic N) is 1. The first kappa shape index (κ1) is 13.5. The molecule has 0 radical (unpaired) electrons. The van der Waals surface area contributed by atoms with Crippen molar-refractivity contribution in [3.63, 3.8) is 0 Å². The Labute approximate surface area is 109 Å². The summed E-state index contributed by atoms with van der Waals surface area (Å²) in [5.41, 5.74) is 6.97. The predicted octanol–water partition coefficient (Wildman–Crippen LogP) is 1.83. The fraction of sp³-hybridized carbons (Fsp3) is 0.111. The molecule has 1 rings (SSSR count). The van der Waals surface area contributed by atoms with Crippen LogP contribution in [0.2, 0.25) is 0 Å². The predicted molar refractivity (Wildman–Crippen MR) is 75.3 cm³/mol. The van der Waals surface area contributed by atoms with Gasteiger partial charge in [0.1, 0.15) is 5.75 Å². The number of rotatable bonds is 5. The van der Waals surface area contributed by atoms with Gasteiger partial charge >= 0.3 is 0 Å². The van der Waals surface area contributed by atoms with E-state index in [0.29, 0.717) is 18.8 Å². The van der Waals surface area contributed by atoms with Crippen molar-refractivity contribution >= 4 is 34.2 Å². The van der Waals surface area contributed by atoms with Crippen molar-refractivity contribution in [2.24, 2.45) is 11.6 Å². The van der Waals surface area contributed by atoms with Crippen molar-refractivity contribution in [2.45, 2.75) is 0 Å². The second kappa shape index (κ2) is 6.90. The van der Waals surface area contributed by atoms with Crippen LogP contribution in [0.3, 0.4) is 0 Å². The van der Waals surface area contributed by atoms with Crippen molar-refractivity contribution in [1.29, 1.82) is 0 Å². The van der Waals surface area contributed by atoms with Gasteiger partial charge in [-0.1, -0.05) is 0 Å². The van der Waals surface area contributed by atoms with Crippen molar-refractivity contribution < 1.29 is 9.63 Å². The van der Waals surface area contributed by atoms with Gasteiger partial charge in [0, 0.05) is 6.20 Å². The van der Waals surface area contributed by atoms with Crippen LogP contribution in [0.4, 0.5) is 5.69 Å². The first-order valence-electron chi connectivity index (χ1n) is 4.40. The van der Waals surface area contributed by atoms with E-state index in [-0.39, 0.29) is 5.75 Å². The van der Waals surface area contributed by atoms with E-state index in [1.165, 1.54) is 5.01 Å². The summed E-state index contributed by atoms with van der Waals surface area (Å²) >= 11 is 2.12. The summed E-state index contributed by atoms with van der Waals surface area (Å²) in [6, 6.07) is 6.50. The molecule has 0 aromatic heterocycles. The van der Waals surface area contributed by atoms with Crippen LogP contribution in [0, 0.1) is 0 Å². The van der Waals surface area contributed by atoms with Crippen LogP contribution in [0.1, 0.15) is 0 Å². The molecule has 0 aliphatic rings. The van der Waals surface area contributed by atoms with Crippen molar-refractivity contribution in [3.05, 3.63) is 36.2 Å². The Bertz CT molecular complexity index is 358. The van der Waals surface area contributed by atoms with Crippen LogP contribution in [0.25, 0.3) is 0 Å². The van der Waals surface area contributed by atoms with Gasteiger partial charge in [0.2, 0.25) is 0 Å². The highest BCUT2D eigenvalue weighted by atomic mass is 127. The van der Waals surface area contributed by atoms with Crippen LogP contribution in [0.5, 0.6) is 5.75 Å². The van der Waals surface area contributed by atoms with E-state index >= 15 is 0 Å². The lowest BCUT2D eigenvalue weighted by molar-refractivity contribution is 0.409. The Morgan fingerprint density at radius 3 is 2.69 bits per heavy atom. The molecule has 0 heterocycles. The molecule has 1 aromatic carbocycles. The number of nitrogens with two attached hydrogens (primary N) is 2. The highest BCUT2D eigenvalue weighted by Gasteiger charge is 1.99. The van der Waals surface area contributed by atoms with E-state index in [9.17, 15) is 0 Å². The van der Waals surface area contributed by atoms with E-state index in [1.54, 1.807) is 30.5 Å². The van der Waals surface area contributed by atoms with Crippen molar-refractivity contribution in [2.75, 3.05) is 11.6 Å². The molecule has 5 nitrogen and oxygen atoms in total. The third-order valence-corrected chi connectivity index (χ3v) is 2.93. The maximum atomic E-state index is 9.12. The van der Waals surface area contributed by atoms with Crippen LogP contribution < -0.4 is 16.6 Å². The number of hydrogen-bond donors (Lipinski definition) is 3. The molecule has 1 atom stereocenters. The third kappa shape index (κ3) is 4.52. The van der Waals surface area contributed by atoms with Gasteiger partial charge in [0.05, 0.1) is 24.4 Å². The van der Waals surface area contributed by atoms with Crippen molar-refractivity contribution in [1.82, 2.24) is 0 Å². The smallest absolute Gasteiger partial charge is 0.115 e. The summed E-state index contributed by atoms with van der Waals surface area (Å²) in [6.07, 6.45) is 1.59. The molecule has 88 valence electrons. The second-order valence-electron chi connectivity index (χ2n) is 2.99. The standard InChI is InChI=1S/C9H13IN3O2P/c10-16-15-6-7(11)5-13(12)8-1-3-9(14)4-2-8/h1-5,14,16H,6,11-12H2/b7-5-. The molecule has 0 amide bonds. The summed E-state index contributed by atoms with van der Waals surface area (Å²) in [5, 5.41) is 10.5. The van der Waals surface area contributed by atoms with Gasteiger partial charge in [0.15, 0.2) is 0 Å². The molecule has 7 heteroatoms. The Kier molecular flexibility index (Phi) is 5.83. The molecular weight excluding hydrogens is 340 g/mol. The largest absolute Gasteiger partial charge is 0.508 e. The molecule has 1 unspecified atom stereocenters. The highest BCUT2D eigenvalue weighted by Crippen LogP contribution is 2.22. The number of phenolic OH excluding ortho intramolecular Hbond substituents is 1. The lowest BCUT2D eigenvalue weighted by Gasteiger charge is -2.14. The lowest BCUT2D eigenvalue weighted by Crippen LogP contribution is -2.26. The average Bonchev–Trinajstić information content (AvgIpc) is 2.27. The number of hydrazine groups is 1. The number of anilines is 1. The zero-order valence-corrected chi connectivity index (χ0v) is 11.6. The van der Waals surface area contributed by atoms with E-state index < -0.39 is 0 Å². The Balaban J connectivity index is 2.63. The number of benzene rings is 1. The molecule has 0 saturated heterocycles. The number of halogens is 1. The minimum absolute atomic E-state index is 0.198. The van der Waals surface area contributed by atoms with Crippen LogP contribution in [0.15, 0.2) is 36.2 Å². The SMILES string of the molecule is N/C(=C\N(N)c1ccc(O)cc1)COPI. The zero-order chi connectivity index (χ0) is 12.0. The summed E-state index contributed by atoms with van der Waals surface area (Å²) < 4.78 is 5.15. The Morgan fingerprint density at radius 1 is 1.50 bits per heavy atom. The summed E-state index contributed by atoms with van der Waals surface area (Å²) in [4.78, 5) is 0. The lowest BCUT2D eigenvalue weighted by atomic mass is 10.3. The number of phenols is 1. The van der Waals surface area contributed by atoms with Gasteiger partial charge in [-0.15, -0.1) is 0 Å². The van der Waals surface area contributed by atoms with E-state index in [0.717, 1.165) is 5.69 Å². The highest BCUT2D eigenvalue weighted by molar-refractivity contribution is 14.2. The number of hydrogen-bond acceptors (Lipinski definition) is 5. The zero-order valence-electron chi connectivity index (χ0n) is 8.43. The van der Waals surface area contributed by atoms with Crippen molar-refractivity contribution in [3.8, 4) is 5.75 Å². The van der Waals surface area contributed by atoms with E-state index in [2.05, 4.69) is 22.0 Å². The van der Waals surface area contributed by atoms with Crippen LogP contribution in [-0.2, 0) is 4.52 Å². The Hall–Kier alpha value is -0.560. The second-order valence-corrected chi connectivity index (χ2v) is 4.76. The summed E-state index contributed by atoms with van der Waals surface area (Å²) in [6.45, 7) is 0.723. The first-order chi connectivity index (χ1) is 7.63. The van der Waals surface area contributed by atoms with Gasteiger partial charge in [0.25, 0.3) is 0 Å². The van der Waals surface area contributed by atoms with Gasteiger partial charge < -0.3 is 15.4 Å². The molecule has 0 aliphatic heterocycles. The molecule has 5 N–H and O–H groups in total. The first-order valence-corrected chi connectivity index (χ1v) is 8.42. The van der Waals surface area contributed by atoms with Crippen LogP contribution >= 0.6 is 28.5 Å². The molecule has 1 aromatic rings. The Morgan fingerprint density at radius 2 is 2.12 bits per heavy atom. The summed E-state index contributed by atoms with van der Waals surface area (Å²) in [7, 11) is 0.